The highest BCUT2D eigenvalue weighted by molar-refractivity contribution is 5.98. The highest BCUT2D eigenvalue weighted by Crippen LogP contribution is 2.26. The molecule has 35 heavy (non-hydrogen) atoms. The summed E-state index contributed by atoms with van der Waals surface area (Å²) in [7, 11) is 1.87. The summed E-state index contributed by atoms with van der Waals surface area (Å²) in [5.74, 6) is 5.90. The Morgan fingerprint density at radius 3 is 2.57 bits per heavy atom. The minimum absolute atomic E-state index is 0.198. The molecule has 0 bridgehead atoms. The van der Waals surface area contributed by atoms with E-state index in [1.807, 2.05) is 58.3 Å². The second kappa shape index (κ2) is 9.71. The molecule has 3 aromatic rings. The maximum Gasteiger partial charge on any atom is 0.410 e. The van der Waals surface area contributed by atoms with Crippen LogP contribution in [0, 0.1) is 5.92 Å². The number of nitrogens with one attached hydrogen (secondary N) is 2. The molecule has 4 N–H and O–H groups in total. The smallest absolute Gasteiger partial charge is 0.410 e. The van der Waals surface area contributed by atoms with Gasteiger partial charge in [-0.15, -0.1) is 0 Å². The third kappa shape index (κ3) is 5.75. The molecule has 0 atom stereocenters. The van der Waals surface area contributed by atoms with Crippen LogP contribution in [0.1, 0.15) is 31.1 Å². The highest BCUT2D eigenvalue weighted by atomic mass is 16.6. The van der Waals surface area contributed by atoms with Gasteiger partial charge in [0.25, 0.3) is 5.91 Å². The van der Waals surface area contributed by atoms with Gasteiger partial charge < -0.3 is 15.0 Å². The number of carbonyl (C=O) groups excluding carboxylic acids is 2. The molecular weight excluding hydrogens is 448 g/mol. The van der Waals surface area contributed by atoms with Crippen LogP contribution < -0.4 is 16.6 Å². The van der Waals surface area contributed by atoms with Crippen LogP contribution in [0.5, 0.6) is 0 Å². The molecule has 11 heteroatoms. The van der Waals surface area contributed by atoms with E-state index in [9.17, 15) is 9.59 Å². The van der Waals surface area contributed by atoms with Gasteiger partial charge in [0.2, 0.25) is 0 Å². The van der Waals surface area contributed by atoms with E-state index in [2.05, 4.69) is 25.8 Å². The summed E-state index contributed by atoms with van der Waals surface area (Å²) in [5.41, 5.74) is 4.60. The van der Waals surface area contributed by atoms with Crippen LogP contribution in [0.25, 0.3) is 22.5 Å². The van der Waals surface area contributed by atoms with Gasteiger partial charge in [-0.2, -0.15) is 5.10 Å². The quantitative estimate of drug-likeness (QED) is 0.279. The van der Waals surface area contributed by atoms with Gasteiger partial charge in [-0.25, -0.2) is 20.6 Å². The molecule has 1 fully saturated rings. The number of amides is 2. The summed E-state index contributed by atoms with van der Waals surface area (Å²) in [6.45, 7) is 7.17. The van der Waals surface area contributed by atoms with Crippen molar-refractivity contribution in [3.63, 3.8) is 0 Å². The Morgan fingerprint density at radius 2 is 1.91 bits per heavy atom. The summed E-state index contributed by atoms with van der Waals surface area (Å²) >= 11 is 0. The van der Waals surface area contributed by atoms with Gasteiger partial charge in [-0.1, -0.05) is 18.2 Å². The van der Waals surface area contributed by atoms with Crippen LogP contribution in [0.4, 0.5) is 10.6 Å². The Hall–Kier alpha value is -3.99. The molecule has 2 aromatic heterocycles. The molecule has 0 unspecified atom stereocenters. The second-order valence-corrected chi connectivity index (χ2v) is 9.55. The van der Waals surface area contributed by atoms with E-state index in [0.717, 1.165) is 16.7 Å². The Kier molecular flexibility index (Phi) is 6.70. The van der Waals surface area contributed by atoms with Crippen molar-refractivity contribution in [3.8, 4) is 22.5 Å². The first-order valence-corrected chi connectivity index (χ1v) is 11.3. The number of rotatable bonds is 6. The molecule has 1 aliphatic heterocycles. The number of anilines is 1. The van der Waals surface area contributed by atoms with Crippen molar-refractivity contribution >= 4 is 17.8 Å². The van der Waals surface area contributed by atoms with Crippen molar-refractivity contribution in [1.29, 1.82) is 0 Å². The number of nitrogens with two attached hydrogens (primary N) is 1. The Bertz CT molecular complexity index is 1230. The molecule has 3 heterocycles. The fourth-order valence-electron chi connectivity index (χ4n) is 3.72. The van der Waals surface area contributed by atoms with Crippen LogP contribution in [0.2, 0.25) is 0 Å². The molecule has 4 rings (SSSR count). The SMILES string of the molecule is Cn1cc(-c2cccc(-c3ncc(C(=O)NN)c(NCC4CN(C(=O)OC(C)(C)C)C4)n3)c2)cn1. The molecule has 184 valence electrons. The van der Waals surface area contributed by atoms with Gasteiger partial charge in [0.1, 0.15) is 17.0 Å². The Morgan fingerprint density at radius 1 is 1.17 bits per heavy atom. The van der Waals surface area contributed by atoms with Gasteiger partial charge in [0.15, 0.2) is 5.82 Å². The molecule has 1 aliphatic rings. The van der Waals surface area contributed by atoms with Crippen LogP contribution in [0.15, 0.2) is 42.9 Å². The predicted octanol–water partition coefficient (Wildman–Crippen LogP) is 2.43. The number of benzene rings is 1. The van der Waals surface area contributed by atoms with Gasteiger partial charge in [-0.3, -0.25) is 14.9 Å². The minimum atomic E-state index is -0.531. The summed E-state index contributed by atoms with van der Waals surface area (Å²) in [5, 5.41) is 7.46. The first-order valence-electron chi connectivity index (χ1n) is 11.3. The standard InChI is InChI=1S/C24H30N8O3/c1-24(2,3)35-23(34)32-12-15(13-32)9-26-21-19(22(33)30-25)11-27-20(29-21)17-7-5-6-16(8-17)18-10-28-31(4)14-18/h5-8,10-11,14-15H,9,12-13,25H2,1-4H3,(H,30,33)(H,26,27,29). The number of hydrazine groups is 1. The molecule has 11 nitrogen and oxygen atoms in total. The number of carbonyl (C=O) groups is 2. The molecule has 0 spiro atoms. The van der Waals surface area contributed by atoms with Gasteiger partial charge >= 0.3 is 6.09 Å². The van der Waals surface area contributed by atoms with E-state index in [1.54, 1.807) is 15.8 Å². The number of nitrogens with zero attached hydrogens (tertiary/aromatic N) is 5. The van der Waals surface area contributed by atoms with Crippen molar-refractivity contribution in [1.82, 2.24) is 30.1 Å². The van der Waals surface area contributed by atoms with Crippen molar-refractivity contribution in [2.75, 3.05) is 25.0 Å². The number of ether oxygens (including phenoxy) is 1. The van der Waals surface area contributed by atoms with Crippen LogP contribution in [-0.4, -0.2) is 61.9 Å². The number of likely N-dealkylation sites (tertiary alicyclic amines) is 1. The summed E-state index contributed by atoms with van der Waals surface area (Å²) < 4.78 is 7.14. The van der Waals surface area contributed by atoms with E-state index in [4.69, 9.17) is 10.6 Å². The fraction of sp³-hybridized carbons (Fsp3) is 0.375. The van der Waals surface area contributed by atoms with Crippen molar-refractivity contribution in [2.45, 2.75) is 26.4 Å². The zero-order chi connectivity index (χ0) is 25.2. The number of aromatic nitrogens is 4. The summed E-state index contributed by atoms with van der Waals surface area (Å²) in [4.78, 5) is 35.1. The third-order valence-electron chi connectivity index (χ3n) is 5.49. The third-order valence-corrected chi connectivity index (χ3v) is 5.49. The molecule has 0 saturated carbocycles. The Labute approximate surface area is 203 Å². The largest absolute Gasteiger partial charge is 0.444 e. The molecule has 1 aromatic carbocycles. The van der Waals surface area contributed by atoms with E-state index in [1.165, 1.54) is 6.20 Å². The lowest BCUT2D eigenvalue weighted by atomic mass is 10.0. The zero-order valence-corrected chi connectivity index (χ0v) is 20.3. The van der Waals surface area contributed by atoms with E-state index >= 15 is 0 Å². The normalized spacial score (nSPS) is 13.8. The summed E-state index contributed by atoms with van der Waals surface area (Å²) in [6, 6.07) is 7.80. The average Bonchev–Trinajstić information content (AvgIpc) is 3.22. The topological polar surface area (TPSA) is 140 Å². The average molecular weight is 479 g/mol. The minimum Gasteiger partial charge on any atom is -0.444 e. The highest BCUT2D eigenvalue weighted by Gasteiger charge is 2.33. The maximum atomic E-state index is 12.3. The van der Waals surface area contributed by atoms with Crippen LogP contribution in [0.3, 0.4) is 0 Å². The van der Waals surface area contributed by atoms with Crippen LogP contribution in [-0.2, 0) is 11.8 Å². The number of aryl methyl sites for hydroxylation is 1. The predicted molar refractivity (Wildman–Crippen MR) is 131 cm³/mol. The zero-order valence-electron chi connectivity index (χ0n) is 20.3. The van der Waals surface area contributed by atoms with E-state index in [0.29, 0.717) is 31.3 Å². The molecule has 0 aliphatic carbocycles. The maximum absolute atomic E-state index is 12.3. The molecule has 2 amide bonds. The van der Waals surface area contributed by atoms with Gasteiger partial charge in [0.05, 0.1) is 6.20 Å². The summed E-state index contributed by atoms with van der Waals surface area (Å²) in [6.07, 6.45) is 4.86. The first-order chi connectivity index (χ1) is 16.6. The lowest BCUT2D eigenvalue weighted by molar-refractivity contribution is 0.000835. The fourth-order valence-corrected chi connectivity index (χ4v) is 3.72. The van der Waals surface area contributed by atoms with Crippen molar-refractivity contribution < 1.29 is 14.3 Å². The number of hydrogen-bond donors (Lipinski definition) is 3. The van der Waals surface area contributed by atoms with Gasteiger partial charge in [0, 0.05) is 56.1 Å². The van der Waals surface area contributed by atoms with Crippen LogP contribution >= 0.6 is 0 Å². The van der Waals surface area contributed by atoms with Gasteiger partial charge in [-0.05, 0) is 32.4 Å². The van der Waals surface area contributed by atoms with Crippen molar-refractivity contribution in [3.05, 3.63) is 48.4 Å². The molecule has 0 radical (unpaired) electrons. The lowest BCUT2D eigenvalue weighted by Crippen LogP contribution is -2.53. The number of nitrogen functional groups attached to an aromatic ring is 1. The molecule has 1 saturated heterocycles. The van der Waals surface area contributed by atoms with E-state index in [-0.39, 0.29) is 17.6 Å². The second-order valence-electron chi connectivity index (χ2n) is 9.55. The monoisotopic (exact) mass is 478 g/mol. The van der Waals surface area contributed by atoms with Crippen molar-refractivity contribution in [2.24, 2.45) is 18.8 Å². The first kappa shape index (κ1) is 24.1. The molecular formula is C24H30N8O3. The lowest BCUT2D eigenvalue weighted by Gasteiger charge is -2.39. The van der Waals surface area contributed by atoms with E-state index < -0.39 is 11.5 Å². The Balaban J connectivity index is 1.49. The number of hydrogen-bond acceptors (Lipinski definition) is 8.